The summed E-state index contributed by atoms with van der Waals surface area (Å²) in [5.41, 5.74) is -0.723. The lowest BCUT2D eigenvalue weighted by Crippen LogP contribution is -2.37. The normalized spacial score (nSPS) is 14.7. The highest BCUT2D eigenvalue weighted by Gasteiger charge is 2.37. The van der Waals surface area contributed by atoms with Gasteiger partial charge in [-0.3, -0.25) is 14.4 Å². The third-order valence-electron chi connectivity index (χ3n) is 4.64. The van der Waals surface area contributed by atoms with Crippen molar-refractivity contribution in [1.82, 2.24) is 0 Å². The number of ketones is 1. The fourth-order valence-corrected chi connectivity index (χ4v) is 3.08. The average Bonchev–Trinajstić information content (AvgIpc) is 2.98. The number of carboxylic acid groups (broad SMARTS) is 1. The van der Waals surface area contributed by atoms with E-state index in [0.29, 0.717) is 11.1 Å². The van der Waals surface area contributed by atoms with Crippen LogP contribution >= 0.6 is 0 Å². The van der Waals surface area contributed by atoms with Crippen molar-refractivity contribution in [2.24, 2.45) is 0 Å². The standard InChI is InChI=1S/C19H22O9/c1-9-12-8-27-18(24)15(12)17(28-10(2)20)11(16(9)26-4)7-13(21)19(3,25)6-5-14(22)23/h25H,5-8H2,1-4H3,(H,22,23). The van der Waals surface area contributed by atoms with E-state index in [0.717, 1.165) is 6.92 Å². The van der Waals surface area contributed by atoms with Crippen molar-refractivity contribution >= 4 is 23.7 Å². The third-order valence-corrected chi connectivity index (χ3v) is 4.64. The van der Waals surface area contributed by atoms with Crippen LogP contribution in [0.2, 0.25) is 0 Å². The molecule has 0 aromatic heterocycles. The van der Waals surface area contributed by atoms with Crippen LogP contribution in [0.3, 0.4) is 0 Å². The number of ether oxygens (including phenoxy) is 3. The number of hydrogen-bond donors (Lipinski definition) is 2. The molecule has 0 radical (unpaired) electrons. The third kappa shape index (κ3) is 4.14. The van der Waals surface area contributed by atoms with Gasteiger partial charge in [0.2, 0.25) is 0 Å². The molecule has 1 aromatic carbocycles. The zero-order chi connectivity index (χ0) is 21.2. The molecule has 1 aromatic rings. The fraction of sp³-hybridized carbons (Fsp3) is 0.474. The summed E-state index contributed by atoms with van der Waals surface area (Å²) >= 11 is 0. The lowest BCUT2D eigenvalue weighted by atomic mass is 9.88. The molecule has 9 heteroatoms. The first-order valence-corrected chi connectivity index (χ1v) is 8.54. The second-order valence-electron chi connectivity index (χ2n) is 6.76. The van der Waals surface area contributed by atoms with Gasteiger partial charge >= 0.3 is 17.9 Å². The van der Waals surface area contributed by atoms with E-state index in [1.54, 1.807) is 6.92 Å². The van der Waals surface area contributed by atoms with Gasteiger partial charge in [0.15, 0.2) is 11.5 Å². The van der Waals surface area contributed by atoms with Gasteiger partial charge in [0.1, 0.15) is 23.5 Å². The van der Waals surface area contributed by atoms with E-state index in [1.165, 1.54) is 14.0 Å². The largest absolute Gasteiger partial charge is 0.496 e. The first-order chi connectivity index (χ1) is 13.0. The summed E-state index contributed by atoms with van der Waals surface area (Å²) in [6.07, 6.45) is -1.12. The van der Waals surface area contributed by atoms with E-state index >= 15 is 0 Å². The number of benzene rings is 1. The maximum Gasteiger partial charge on any atom is 0.342 e. The summed E-state index contributed by atoms with van der Waals surface area (Å²) < 4.78 is 15.6. The number of fused-ring (bicyclic) bond motifs is 1. The Morgan fingerprint density at radius 1 is 1.25 bits per heavy atom. The van der Waals surface area contributed by atoms with E-state index < -0.39 is 42.1 Å². The van der Waals surface area contributed by atoms with Gasteiger partial charge < -0.3 is 24.4 Å². The van der Waals surface area contributed by atoms with Gasteiger partial charge in [0.05, 0.1) is 7.11 Å². The molecule has 0 bridgehead atoms. The molecule has 1 heterocycles. The predicted octanol–water partition coefficient (Wildman–Crippen LogP) is 1.33. The molecular weight excluding hydrogens is 372 g/mol. The molecule has 1 unspecified atom stereocenters. The summed E-state index contributed by atoms with van der Waals surface area (Å²) in [7, 11) is 1.36. The van der Waals surface area contributed by atoms with Crippen molar-refractivity contribution in [3.63, 3.8) is 0 Å². The minimum Gasteiger partial charge on any atom is -0.496 e. The van der Waals surface area contributed by atoms with Gasteiger partial charge in [-0.2, -0.15) is 0 Å². The number of aliphatic hydroxyl groups is 1. The molecule has 28 heavy (non-hydrogen) atoms. The van der Waals surface area contributed by atoms with E-state index in [9.17, 15) is 24.3 Å². The van der Waals surface area contributed by atoms with E-state index in [1.807, 2.05) is 0 Å². The highest BCUT2D eigenvalue weighted by atomic mass is 16.6. The minimum absolute atomic E-state index is 0.0187. The van der Waals surface area contributed by atoms with Crippen LogP contribution in [0.1, 0.15) is 53.7 Å². The number of hydrogen-bond acceptors (Lipinski definition) is 8. The number of carboxylic acids is 1. The molecular formula is C19H22O9. The molecule has 1 aliphatic heterocycles. The maximum absolute atomic E-state index is 12.7. The SMILES string of the molecule is COc1c(C)c2c(c(OC(C)=O)c1CC(=O)C(C)(O)CCC(=O)O)C(=O)OC2. The Bertz CT molecular complexity index is 852. The Morgan fingerprint density at radius 2 is 1.89 bits per heavy atom. The van der Waals surface area contributed by atoms with Gasteiger partial charge in [-0.05, 0) is 25.8 Å². The maximum atomic E-state index is 12.7. The van der Waals surface area contributed by atoms with Crippen molar-refractivity contribution in [1.29, 1.82) is 0 Å². The number of cyclic esters (lactones) is 1. The molecule has 1 atom stereocenters. The van der Waals surface area contributed by atoms with E-state index in [2.05, 4.69) is 0 Å². The first kappa shape index (κ1) is 21.4. The van der Waals surface area contributed by atoms with E-state index in [4.69, 9.17) is 19.3 Å². The number of esters is 2. The predicted molar refractivity (Wildman–Crippen MR) is 94.4 cm³/mol. The summed E-state index contributed by atoms with van der Waals surface area (Å²) in [6, 6.07) is 0. The second kappa shape index (κ2) is 7.97. The van der Waals surface area contributed by atoms with Gasteiger partial charge in [-0.25, -0.2) is 4.79 Å². The number of Topliss-reactive ketones (excluding diaryl/α,β-unsaturated/α-hetero) is 1. The number of carbonyl (C=O) groups is 4. The van der Waals surface area contributed by atoms with Gasteiger partial charge in [-0.15, -0.1) is 0 Å². The number of carbonyl (C=O) groups excluding carboxylic acids is 3. The Labute approximate surface area is 161 Å². The number of methoxy groups -OCH3 is 1. The highest BCUT2D eigenvalue weighted by molar-refractivity contribution is 6.00. The summed E-state index contributed by atoms with van der Waals surface area (Å²) in [4.78, 5) is 47.2. The van der Waals surface area contributed by atoms with Crippen LogP contribution in [0.25, 0.3) is 0 Å². The van der Waals surface area contributed by atoms with Crippen LogP contribution in [0.15, 0.2) is 0 Å². The monoisotopic (exact) mass is 394 g/mol. The van der Waals surface area contributed by atoms with Crippen LogP contribution in [0.5, 0.6) is 11.5 Å². The Balaban J connectivity index is 2.56. The van der Waals surface area contributed by atoms with Crippen LogP contribution in [0.4, 0.5) is 0 Å². The molecule has 0 amide bonds. The second-order valence-corrected chi connectivity index (χ2v) is 6.76. The van der Waals surface area contributed by atoms with E-state index in [-0.39, 0.29) is 35.7 Å². The lowest BCUT2D eigenvalue weighted by Gasteiger charge is -2.23. The first-order valence-electron chi connectivity index (χ1n) is 8.54. The Kier molecular flexibility index (Phi) is 6.08. The van der Waals surface area contributed by atoms with Crippen LogP contribution in [0, 0.1) is 6.92 Å². The molecule has 2 rings (SSSR count). The van der Waals surface area contributed by atoms with Gasteiger partial charge in [0.25, 0.3) is 0 Å². The topological polar surface area (TPSA) is 136 Å². The summed E-state index contributed by atoms with van der Waals surface area (Å²) in [5, 5.41) is 19.2. The van der Waals surface area contributed by atoms with Crippen molar-refractivity contribution in [2.75, 3.05) is 7.11 Å². The zero-order valence-electron chi connectivity index (χ0n) is 16.1. The molecule has 1 aliphatic rings. The quantitative estimate of drug-likeness (QED) is 0.494. The smallest absolute Gasteiger partial charge is 0.342 e. The fourth-order valence-electron chi connectivity index (χ4n) is 3.08. The van der Waals surface area contributed by atoms with Crippen molar-refractivity contribution in [3.8, 4) is 11.5 Å². The van der Waals surface area contributed by atoms with Gasteiger partial charge in [0, 0.05) is 30.9 Å². The number of rotatable bonds is 8. The van der Waals surface area contributed by atoms with Gasteiger partial charge in [-0.1, -0.05) is 0 Å². The van der Waals surface area contributed by atoms with Crippen molar-refractivity contribution in [2.45, 2.75) is 52.2 Å². The number of aliphatic carboxylic acids is 1. The molecule has 0 fully saturated rings. The zero-order valence-corrected chi connectivity index (χ0v) is 16.1. The molecule has 0 aliphatic carbocycles. The van der Waals surface area contributed by atoms with Crippen molar-refractivity contribution < 1.29 is 43.6 Å². The molecule has 2 N–H and O–H groups in total. The molecule has 152 valence electrons. The molecule has 9 nitrogen and oxygen atoms in total. The average molecular weight is 394 g/mol. The molecule has 0 spiro atoms. The highest BCUT2D eigenvalue weighted by Crippen LogP contribution is 2.43. The van der Waals surface area contributed by atoms with Crippen LogP contribution in [-0.2, 0) is 32.1 Å². The van der Waals surface area contributed by atoms with Crippen molar-refractivity contribution in [3.05, 3.63) is 22.3 Å². The Hall–Kier alpha value is -2.94. The summed E-state index contributed by atoms with van der Waals surface area (Å²) in [5.74, 6) is -3.17. The van der Waals surface area contributed by atoms with Crippen LogP contribution in [-0.4, -0.2) is 46.6 Å². The lowest BCUT2D eigenvalue weighted by molar-refractivity contribution is -0.141. The molecule has 0 saturated heterocycles. The van der Waals surface area contributed by atoms with Crippen LogP contribution < -0.4 is 9.47 Å². The summed E-state index contributed by atoms with van der Waals surface area (Å²) in [6.45, 7) is 4.02. The Morgan fingerprint density at radius 3 is 2.43 bits per heavy atom. The molecule has 0 saturated carbocycles. The minimum atomic E-state index is -1.93.